The van der Waals surface area contributed by atoms with Crippen molar-refractivity contribution in [3.8, 4) is 22.1 Å². The van der Waals surface area contributed by atoms with E-state index in [0.29, 0.717) is 16.5 Å². The van der Waals surface area contributed by atoms with Crippen molar-refractivity contribution in [1.29, 1.82) is 0 Å². The minimum absolute atomic E-state index is 0.238. The number of hydrogen-bond acceptors (Lipinski definition) is 5. The van der Waals surface area contributed by atoms with Crippen molar-refractivity contribution in [3.05, 3.63) is 77.8 Å². The number of carbonyl (C=O) groups is 1. The normalized spacial score (nSPS) is 10.7. The van der Waals surface area contributed by atoms with Crippen molar-refractivity contribution in [2.24, 2.45) is 0 Å². The Morgan fingerprint density at radius 1 is 0.926 bits per heavy atom. The summed E-state index contributed by atoms with van der Waals surface area (Å²) in [6, 6.07) is 22.2. The summed E-state index contributed by atoms with van der Waals surface area (Å²) in [5, 5.41) is 1.24. The number of aromatic nitrogens is 1. The molecule has 0 aliphatic heterocycles. The SMILES string of the molecule is O=C(COc1ccccc1Cl)Oc1ccccc1-c1nc2ccccc2s1. The highest BCUT2D eigenvalue weighted by Gasteiger charge is 2.15. The highest BCUT2D eigenvalue weighted by Crippen LogP contribution is 2.35. The molecule has 0 N–H and O–H groups in total. The topological polar surface area (TPSA) is 48.4 Å². The van der Waals surface area contributed by atoms with E-state index in [-0.39, 0.29) is 6.61 Å². The van der Waals surface area contributed by atoms with Gasteiger partial charge in [0, 0.05) is 0 Å². The Morgan fingerprint density at radius 2 is 1.63 bits per heavy atom. The lowest BCUT2D eigenvalue weighted by Gasteiger charge is -2.10. The zero-order valence-corrected chi connectivity index (χ0v) is 15.7. The summed E-state index contributed by atoms with van der Waals surface area (Å²) >= 11 is 7.58. The maximum atomic E-state index is 12.2. The number of ether oxygens (including phenoxy) is 2. The average Bonchev–Trinajstić information content (AvgIpc) is 3.12. The molecule has 27 heavy (non-hydrogen) atoms. The minimum Gasteiger partial charge on any atom is -0.480 e. The lowest BCUT2D eigenvalue weighted by Crippen LogP contribution is -2.18. The third-order valence-corrected chi connectivity index (χ3v) is 5.20. The molecule has 0 aliphatic rings. The summed E-state index contributed by atoms with van der Waals surface area (Å²) in [6.07, 6.45) is 0. The Morgan fingerprint density at radius 3 is 2.44 bits per heavy atom. The number of nitrogens with zero attached hydrogens (tertiary/aromatic N) is 1. The van der Waals surface area contributed by atoms with Crippen LogP contribution in [0.4, 0.5) is 0 Å². The highest BCUT2D eigenvalue weighted by atomic mass is 35.5. The fourth-order valence-corrected chi connectivity index (χ4v) is 3.76. The van der Waals surface area contributed by atoms with Crippen LogP contribution < -0.4 is 9.47 Å². The van der Waals surface area contributed by atoms with Crippen LogP contribution in [-0.4, -0.2) is 17.6 Å². The van der Waals surface area contributed by atoms with Crippen LogP contribution >= 0.6 is 22.9 Å². The van der Waals surface area contributed by atoms with E-state index in [9.17, 15) is 4.79 Å². The second kappa shape index (κ2) is 7.78. The second-order valence-electron chi connectivity index (χ2n) is 5.68. The Kier molecular flexibility index (Phi) is 5.05. The van der Waals surface area contributed by atoms with Gasteiger partial charge in [0.1, 0.15) is 16.5 Å². The molecule has 134 valence electrons. The van der Waals surface area contributed by atoms with Crippen LogP contribution in [0.2, 0.25) is 5.02 Å². The standard InChI is InChI=1S/C21H14ClNO3S/c22-15-8-2-5-11-18(15)25-13-20(24)26-17-10-4-1-7-14(17)21-23-16-9-3-6-12-19(16)27-21/h1-12H,13H2. The minimum atomic E-state index is -0.511. The zero-order chi connectivity index (χ0) is 18.6. The fraction of sp³-hybridized carbons (Fsp3) is 0.0476. The average molecular weight is 396 g/mol. The number of para-hydroxylation sites is 3. The van der Waals surface area contributed by atoms with Gasteiger partial charge >= 0.3 is 5.97 Å². The number of hydrogen-bond donors (Lipinski definition) is 0. The molecule has 0 bridgehead atoms. The van der Waals surface area contributed by atoms with Crippen LogP contribution in [0.5, 0.6) is 11.5 Å². The van der Waals surface area contributed by atoms with Gasteiger partial charge in [-0.2, -0.15) is 0 Å². The van der Waals surface area contributed by atoms with Gasteiger partial charge in [-0.1, -0.05) is 48.0 Å². The van der Waals surface area contributed by atoms with Gasteiger partial charge in [0.25, 0.3) is 0 Å². The van der Waals surface area contributed by atoms with Crippen molar-refractivity contribution < 1.29 is 14.3 Å². The summed E-state index contributed by atoms with van der Waals surface area (Å²) in [6.45, 7) is -0.238. The lowest BCUT2D eigenvalue weighted by molar-refractivity contribution is -0.136. The summed E-state index contributed by atoms with van der Waals surface area (Å²) in [4.78, 5) is 16.9. The van der Waals surface area contributed by atoms with E-state index < -0.39 is 5.97 Å². The van der Waals surface area contributed by atoms with Crippen molar-refractivity contribution in [1.82, 2.24) is 4.98 Å². The van der Waals surface area contributed by atoms with Crippen molar-refractivity contribution in [3.63, 3.8) is 0 Å². The largest absolute Gasteiger partial charge is 0.480 e. The number of esters is 1. The number of carbonyl (C=O) groups excluding carboxylic acids is 1. The maximum absolute atomic E-state index is 12.2. The van der Waals surface area contributed by atoms with Gasteiger partial charge in [-0.05, 0) is 36.4 Å². The lowest BCUT2D eigenvalue weighted by atomic mass is 10.2. The first kappa shape index (κ1) is 17.5. The van der Waals surface area contributed by atoms with Gasteiger partial charge in [-0.15, -0.1) is 11.3 Å². The first-order valence-electron chi connectivity index (χ1n) is 8.24. The molecule has 0 saturated heterocycles. The molecule has 6 heteroatoms. The summed E-state index contributed by atoms with van der Waals surface area (Å²) in [7, 11) is 0. The van der Waals surface area contributed by atoms with Gasteiger partial charge in [0.2, 0.25) is 0 Å². The van der Waals surface area contributed by atoms with Gasteiger partial charge < -0.3 is 9.47 Å². The molecule has 0 fully saturated rings. The van der Waals surface area contributed by atoms with Crippen LogP contribution in [0.3, 0.4) is 0 Å². The molecule has 3 aromatic carbocycles. The molecule has 0 unspecified atom stereocenters. The van der Waals surface area contributed by atoms with E-state index in [1.54, 1.807) is 41.7 Å². The third kappa shape index (κ3) is 3.94. The predicted molar refractivity (Wildman–Crippen MR) is 108 cm³/mol. The van der Waals surface area contributed by atoms with Gasteiger partial charge in [-0.25, -0.2) is 9.78 Å². The Balaban J connectivity index is 1.52. The van der Waals surface area contributed by atoms with Crippen LogP contribution in [0, 0.1) is 0 Å². The highest BCUT2D eigenvalue weighted by molar-refractivity contribution is 7.21. The number of thiazole rings is 1. The first-order valence-corrected chi connectivity index (χ1v) is 9.43. The Hall–Kier alpha value is -2.89. The Labute approximate surface area is 165 Å². The van der Waals surface area contributed by atoms with Crippen LogP contribution in [-0.2, 0) is 4.79 Å². The van der Waals surface area contributed by atoms with Gasteiger partial charge in [0.15, 0.2) is 6.61 Å². The molecule has 4 nitrogen and oxygen atoms in total. The van der Waals surface area contributed by atoms with E-state index in [4.69, 9.17) is 21.1 Å². The molecule has 0 atom stereocenters. The van der Waals surface area contributed by atoms with Crippen molar-refractivity contribution in [2.75, 3.05) is 6.61 Å². The smallest absolute Gasteiger partial charge is 0.349 e. The van der Waals surface area contributed by atoms with Crippen molar-refractivity contribution >= 4 is 39.1 Å². The summed E-state index contributed by atoms with van der Waals surface area (Å²) < 4.78 is 12.0. The predicted octanol–water partition coefficient (Wildman–Crippen LogP) is 5.60. The molecule has 0 saturated carbocycles. The molecule has 4 rings (SSSR count). The monoisotopic (exact) mass is 395 g/mol. The van der Waals surface area contributed by atoms with E-state index in [2.05, 4.69) is 4.98 Å². The van der Waals surface area contributed by atoms with E-state index >= 15 is 0 Å². The first-order chi connectivity index (χ1) is 13.2. The summed E-state index contributed by atoms with van der Waals surface area (Å²) in [5.74, 6) is 0.378. The molecule has 4 aromatic rings. The fourth-order valence-electron chi connectivity index (χ4n) is 2.57. The molecule has 0 aliphatic carbocycles. The van der Waals surface area contributed by atoms with Crippen molar-refractivity contribution in [2.45, 2.75) is 0 Å². The number of halogens is 1. The number of fused-ring (bicyclic) bond motifs is 1. The van der Waals surface area contributed by atoms with Gasteiger partial charge in [0.05, 0.1) is 20.8 Å². The van der Waals surface area contributed by atoms with Crippen LogP contribution in [0.1, 0.15) is 0 Å². The van der Waals surface area contributed by atoms with E-state index in [1.165, 1.54) is 0 Å². The number of rotatable bonds is 5. The van der Waals surface area contributed by atoms with E-state index in [1.807, 2.05) is 42.5 Å². The summed E-state index contributed by atoms with van der Waals surface area (Å²) in [5.41, 5.74) is 1.69. The molecule has 0 radical (unpaired) electrons. The molecule has 1 heterocycles. The molecule has 0 amide bonds. The quantitative estimate of drug-likeness (QED) is 0.326. The van der Waals surface area contributed by atoms with Crippen LogP contribution in [0.25, 0.3) is 20.8 Å². The molecular weight excluding hydrogens is 382 g/mol. The Bertz CT molecular complexity index is 1080. The zero-order valence-electron chi connectivity index (χ0n) is 14.1. The van der Waals surface area contributed by atoms with Gasteiger partial charge in [-0.3, -0.25) is 0 Å². The second-order valence-corrected chi connectivity index (χ2v) is 7.11. The number of benzene rings is 3. The molecular formula is C21H14ClNO3S. The van der Waals surface area contributed by atoms with E-state index in [0.717, 1.165) is 20.8 Å². The maximum Gasteiger partial charge on any atom is 0.349 e. The third-order valence-electron chi connectivity index (χ3n) is 3.82. The van der Waals surface area contributed by atoms with Crippen LogP contribution in [0.15, 0.2) is 72.8 Å². The molecule has 0 spiro atoms. The molecule has 1 aromatic heterocycles.